The van der Waals surface area contributed by atoms with E-state index in [4.69, 9.17) is 9.26 Å². The number of carbonyl (C=O) groups is 2. The largest absolute Gasteiger partial charge is 0.489 e. The van der Waals surface area contributed by atoms with Crippen LogP contribution in [0.25, 0.3) is 0 Å². The fourth-order valence-corrected chi connectivity index (χ4v) is 3.96. The maximum absolute atomic E-state index is 12.8. The lowest BCUT2D eigenvalue weighted by Gasteiger charge is -2.19. The number of amides is 2. The number of hydrogen-bond donors (Lipinski definition) is 1. The highest BCUT2D eigenvalue weighted by atomic mass is 16.5. The normalized spacial score (nSPS) is 19.4. The number of nitrogens with one attached hydrogen (secondary N) is 1. The van der Waals surface area contributed by atoms with Crippen molar-refractivity contribution in [1.29, 1.82) is 0 Å². The highest BCUT2D eigenvalue weighted by Crippen LogP contribution is 2.53. The number of fused-ring (bicyclic) bond motifs is 1. The molecule has 1 N–H and O–H groups in total. The highest BCUT2D eigenvalue weighted by molar-refractivity contribution is 6.02. The van der Waals surface area contributed by atoms with Gasteiger partial charge in [-0.1, -0.05) is 47.6 Å². The molecule has 152 valence electrons. The molecule has 0 radical (unpaired) electrons. The summed E-state index contributed by atoms with van der Waals surface area (Å²) in [6.07, 6.45) is 1.90. The van der Waals surface area contributed by atoms with Gasteiger partial charge in [0.05, 0.1) is 11.1 Å². The van der Waals surface area contributed by atoms with Crippen LogP contribution in [-0.2, 0) is 10.2 Å². The van der Waals surface area contributed by atoms with E-state index in [0.29, 0.717) is 17.2 Å². The van der Waals surface area contributed by atoms with Gasteiger partial charge in [-0.05, 0) is 30.5 Å². The van der Waals surface area contributed by atoms with Crippen LogP contribution in [-0.4, -0.2) is 36.7 Å². The van der Waals surface area contributed by atoms with Crippen molar-refractivity contribution in [1.82, 2.24) is 10.5 Å². The van der Waals surface area contributed by atoms with Gasteiger partial charge in [0, 0.05) is 13.1 Å². The number of anilines is 1. The summed E-state index contributed by atoms with van der Waals surface area (Å²) in [5.41, 5.74) is 1.77. The number of nitrogens with zero attached hydrogens (tertiary/aromatic N) is 2. The Morgan fingerprint density at radius 2 is 1.87 bits per heavy atom. The highest BCUT2D eigenvalue weighted by Gasteiger charge is 2.49. The molecule has 1 atom stereocenters. The first-order valence-electron chi connectivity index (χ1n) is 9.91. The molecule has 1 fully saturated rings. The Morgan fingerprint density at radius 3 is 2.63 bits per heavy atom. The van der Waals surface area contributed by atoms with Gasteiger partial charge < -0.3 is 19.5 Å². The van der Waals surface area contributed by atoms with E-state index < -0.39 is 11.9 Å². The molecule has 2 amide bonds. The molecule has 3 aromatic rings. The molecular formula is C23H21N3O4. The summed E-state index contributed by atoms with van der Waals surface area (Å²) in [7, 11) is 1.67. The quantitative estimate of drug-likeness (QED) is 0.724. The maximum atomic E-state index is 12.8. The first-order valence-corrected chi connectivity index (χ1v) is 9.91. The Morgan fingerprint density at radius 1 is 1.13 bits per heavy atom. The summed E-state index contributed by atoms with van der Waals surface area (Å²) >= 11 is 0. The average Bonchev–Trinajstić information content (AvgIpc) is 3.47. The lowest BCUT2D eigenvalue weighted by atomic mass is 9.93. The molecule has 2 aromatic carbocycles. The van der Waals surface area contributed by atoms with Gasteiger partial charge >= 0.3 is 0 Å². The van der Waals surface area contributed by atoms with Gasteiger partial charge in [-0.3, -0.25) is 9.59 Å². The number of hydrogen-bond acceptors (Lipinski definition) is 5. The van der Waals surface area contributed by atoms with Gasteiger partial charge in [-0.2, -0.15) is 0 Å². The van der Waals surface area contributed by atoms with Crippen molar-refractivity contribution in [2.24, 2.45) is 0 Å². The van der Waals surface area contributed by atoms with Gasteiger partial charge in [0.25, 0.3) is 11.8 Å². The number of likely N-dealkylation sites (N-methyl/N-ethyl adjacent to an activating group) is 1. The molecule has 2 heterocycles. The van der Waals surface area contributed by atoms with Crippen molar-refractivity contribution < 1.29 is 18.8 Å². The van der Waals surface area contributed by atoms with E-state index in [1.54, 1.807) is 25.2 Å². The van der Waals surface area contributed by atoms with Crippen LogP contribution in [0.15, 0.2) is 65.2 Å². The van der Waals surface area contributed by atoms with Crippen molar-refractivity contribution in [2.75, 3.05) is 18.6 Å². The first kappa shape index (κ1) is 18.4. The third-order valence-corrected chi connectivity index (χ3v) is 5.86. The fraction of sp³-hybridized carbons (Fsp3) is 0.261. The predicted octanol–water partition coefficient (Wildman–Crippen LogP) is 2.91. The summed E-state index contributed by atoms with van der Waals surface area (Å²) in [6, 6.07) is 18.2. The van der Waals surface area contributed by atoms with Crippen molar-refractivity contribution in [3.63, 3.8) is 0 Å². The van der Waals surface area contributed by atoms with E-state index in [1.807, 2.05) is 30.3 Å². The molecule has 7 heteroatoms. The summed E-state index contributed by atoms with van der Waals surface area (Å²) < 4.78 is 11.3. The number of rotatable bonds is 4. The van der Waals surface area contributed by atoms with Crippen LogP contribution in [0.3, 0.4) is 0 Å². The maximum Gasteiger partial charge on any atom is 0.274 e. The van der Waals surface area contributed by atoms with E-state index in [-0.39, 0.29) is 23.6 Å². The summed E-state index contributed by atoms with van der Waals surface area (Å²) in [5.74, 6) is 0.564. The SMILES string of the molecule is CN1C(=O)[C@@H](NC(=O)c2cc(C3(c4ccccc4)CC3)on2)COc2ccccc21. The van der Waals surface area contributed by atoms with Crippen molar-refractivity contribution >= 4 is 17.5 Å². The third kappa shape index (κ3) is 3.03. The van der Waals surface area contributed by atoms with E-state index in [1.165, 1.54) is 4.90 Å². The molecule has 2 aliphatic rings. The number of carbonyl (C=O) groups excluding carboxylic acids is 2. The standard InChI is InChI=1S/C23H21N3O4/c1-26-18-9-5-6-10-19(18)29-14-17(22(26)28)24-21(27)16-13-20(30-25-16)23(11-12-23)15-7-3-2-4-8-15/h2-10,13,17H,11-12,14H2,1H3,(H,24,27)/t17-/m0/s1. The molecule has 1 aliphatic heterocycles. The van der Waals surface area contributed by atoms with Gasteiger partial charge in [0.2, 0.25) is 0 Å². The van der Waals surface area contributed by atoms with E-state index >= 15 is 0 Å². The molecule has 0 unspecified atom stereocenters. The minimum Gasteiger partial charge on any atom is -0.489 e. The summed E-state index contributed by atoms with van der Waals surface area (Å²) in [5, 5.41) is 6.71. The smallest absolute Gasteiger partial charge is 0.274 e. The minimum absolute atomic E-state index is 0.0462. The second-order valence-electron chi connectivity index (χ2n) is 7.73. The average molecular weight is 403 g/mol. The molecule has 30 heavy (non-hydrogen) atoms. The molecule has 0 saturated heterocycles. The fourth-order valence-electron chi connectivity index (χ4n) is 3.96. The second-order valence-corrected chi connectivity index (χ2v) is 7.73. The summed E-state index contributed by atoms with van der Waals surface area (Å²) in [6.45, 7) is 0.0462. The van der Waals surface area contributed by atoms with Gasteiger partial charge in [-0.15, -0.1) is 0 Å². The minimum atomic E-state index is -0.820. The van der Waals surface area contributed by atoms with Crippen molar-refractivity contribution in [3.05, 3.63) is 77.7 Å². The van der Waals surface area contributed by atoms with Crippen molar-refractivity contribution in [3.8, 4) is 5.75 Å². The molecule has 0 spiro atoms. The zero-order chi connectivity index (χ0) is 20.7. The van der Waals surface area contributed by atoms with Crippen LogP contribution < -0.4 is 15.0 Å². The van der Waals surface area contributed by atoms with Crippen LogP contribution in [0, 0.1) is 0 Å². The summed E-state index contributed by atoms with van der Waals surface area (Å²) in [4.78, 5) is 27.1. The van der Waals surface area contributed by atoms with Crippen LogP contribution >= 0.6 is 0 Å². The number of benzene rings is 2. The lowest BCUT2D eigenvalue weighted by molar-refractivity contribution is -0.120. The zero-order valence-corrected chi connectivity index (χ0v) is 16.5. The van der Waals surface area contributed by atoms with E-state index in [0.717, 1.165) is 18.4 Å². The molecule has 1 aliphatic carbocycles. The van der Waals surface area contributed by atoms with Crippen LogP contribution in [0.2, 0.25) is 0 Å². The number of aromatic nitrogens is 1. The van der Waals surface area contributed by atoms with Crippen LogP contribution in [0.1, 0.15) is 34.7 Å². The third-order valence-electron chi connectivity index (χ3n) is 5.86. The van der Waals surface area contributed by atoms with E-state index in [2.05, 4.69) is 22.6 Å². The Bertz CT molecular complexity index is 1100. The Hall–Kier alpha value is -3.61. The topological polar surface area (TPSA) is 84.7 Å². The first-order chi connectivity index (χ1) is 14.6. The van der Waals surface area contributed by atoms with Gasteiger partial charge in [-0.25, -0.2) is 0 Å². The monoisotopic (exact) mass is 403 g/mol. The van der Waals surface area contributed by atoms with Gasteiger partial charge in [0.15, 0.2) is 5.69 Å². The molecule has 7 nitrogen and oxygen atoms in total. The molecule has 1 saturated carbocycles. The molecule has 5 rings (SSSR count). The number of ether oxygens (including phenoxy) is 1. The zero-order valence-electron chi connectivity index (χ0n) is 16.5. The van der Waals surface area contributed by atoms with Crippen LogP contribution in [0.5, 0.6) is 5.75 Å². The second kappa shape index (κ2) is 7.02. The lowest BCUT2D eigenvalue weighted by Crippen LogP contribution is -2.49. The molecular weight excluding hydrogens is 382 g/mol. The van der Waals surface area contributed by atoms with Crippen LogP contribution in [0.4, 0.5) is 5.69 Å². The Kier molecular flexibility index (Phi) is 4.31. The van der Waals surface area contributed by atoms with Crippen molar-refractivity contribution in [2.45, 2.75) is 24.3 Å². The van der Waals surface area contributed by atoms with E-state index in [9.17, 15) is 9.59 Å². The Labute approximate surface area is 173 Å². The number of para-hydroxylation sites is 2. The van der Waals surface area contributed by atoms with Gasteiger partial charge in [0.1, 0.15) is 24.2 Å². The predicted molar refractivity (Wildman–Crippen MR) is 110 cm³/mol. The molecule has 0 bridgehead atoms. The molecule has 1 aromatic heterocycles. The Balaban J connectivity index is 1.33.